The largest absolute Gasteiger partial charge is 0.383 e. The first-order valence-corrected chi connectivity index (χ1v) is 8.60. The Morgan fingerprint density at radius 3 is 2.64 bits per heavy atom. The molecular weight excluding hydrogens is 384 g/mol. The van der Waals surface area contributed by atoms with Gasteiger partial charge in [0.05, 0.1) is 11.4 Å². The summed E-state index contributed by atoms with van der Waals surface area (Å²) in [4.78, 5) is 8.18. The highest BCUT2D eigenvalue weighted by atomic mass is 35.5. The Balaban J connectivity index is 0.00000192. The van der Waals surface area contributed by atoms with Crippen molar-refractivity contribution < 1.29 is 8.78 Å². The summed E-state index contributed by atoms with van der Waals surface area (Å²) in [5, 5.41) is 5.25. The molecule has 28 heavy (non-hydrogen) atoms. The highest BCUT2D eigenvalue weighted by Crippen LogP contribution is 2.45. The van der Waals surface area contributed by atoms with Gasteiger partial charge in [-0.3, -0.25) is 4.68 Å². The molecule has 142 valence electrons. The fourth-order valence-electron chi connectivity index (χ4n) is 3.97. The molecule has 2 atom stereocenters. The second-order valence-corrected chi connectivity index (χ2v) is 6.73. The Hall–Kier alpha value is -3.06. The zero-order valence-corrected chi connectivity index (χ0v) is 15.4. The maximum atomic E-state index is 13.9. The van der Waals surface area contributed by atoms with E-state index in [0.29, 0.717) is 22.4 Å². The average Bonchev–Trinajstić information content (AvgIpc) is 3.26. The minimum absolute atomic E-state index is 0. The summed E-state index contributed by atoms with van der Waals surface area (Å²) in [6.45, 7) is 0. The van der Waals surface area contributed by atoms with Crippen molar-refractivity contribution in [3.8, 4) is 0 Å². The molecule has 0 aliphatic heterocycles. The van der Waals surface area contributed by atoms with Gasteiger partial charge in [0.15, 0.2) is 17.3 Å². The molecule has 5 rings (SSSR count). The summed E-state index contributed by atoms with van der Waals surface area (Å²) < 4.78 is 29.2. The van der Waals surface area contributed by atoms with Crippen molar-refractivity contribution in [2.45, 2.75) is 18.4 Å². The molecule has 0 bridgehead atoms. The van der Waals surface area contributed by atoms with Gasteiger partial charge in [0.2, 0.25) is 0 Å². The highest BCUT2D eigenvalue weighted by molar-refractivity contribution is 5.85. The van der Waals surface area contributed by atoms with Gasteiger partial charge >= 0.3 is 0 Å². The zero-order chi connectivity index (χ0) is 18.5. The number of hydrogen-bond donors (Lipinski definition) is 1. The minimum Gasteiger partial charge on any atom is -0.383 e. The van der Waals surface area contributed by atoms with Crippen molar-refractivity contribution in [1.29, 1.82) is 0 Å². The van der Waals surface area contributed by atoms with E-state index >= 15 is 0 Å². The lowest BCUT2D eigenvalue weighted by molar-refractivity contribution is 0.435. The first kappa shape index (κ1) is 18.3. The molecule has 0 radical (unpaired) electrons. The molecule has 2 unspecified atom stereocenters. The molecular formula is C20H16ClF2N5. The third kappa shape index (κ3) is 2.79. The third-order valence-electron chi connectivity index (χ3n) is 5.21. The van der Waals surface area contributed by atoms with Gasteiger partial charge in [0, 0.05) is 12.1 Å². The van der Waals surface area contributed by atoms with Gasteiger partial charge in [0.1, 0.15) is 12.1 Å². The Labute approximate surface area is 165 Å². The van der Waals surface area contributed by atoms with Gasteiger partial charge in [-0.1, -0.05) is 30.3 Å². The van der Waals surface area contributed by atoms with E-state index in [1.165, 1.54) is 18.5 Å². The molecule has 2 aromatic carbocycles. The summed E-state index contributed by atoms with van der Waals surface area (Å²) in [5.41, 5.74) is 9.42. The second kappa shape index (κ2) is 6.83. The summed E-state index contributed by atoms with van der Waals surface area (Å²) in [5.74, 6) is -1.49. The molecule has 8 heteroatoms. The van der Waals surface area contributed by atoms with Gasteiger partial charge in [-0.2, -0.15) is 5.10 Å². The number of hydrogen-bond acceptors (Lipinski definition) is 4. The molecule has 2 heterocycles. The van der Waals surface area contributed by atoms with E-state index in [9.17, 15) is 8.78 Å². The van der Waals surface area contributed by atoms with E-state index in [1.807, 2.05) is 29.1 Å². The number of halogens is 3. The van der Waals surface area contributed by atoms with Crippen molar-refractivity contribution in [2.24, 2.45) is 0 Å². The fourth-order valence-corrected chi connectivity index (χ4v) is 3.97. The van der Waals surface area contributed by atoms with Crippen LogP contribution in [0.4, 0.5) is 14.6 Å². The smallest absolute Gasteiger partial charge is 0.186 e. The lowest BCUT2D eigenvalue weighted by Gasteiger charge is -2.21. The molecule has 5 nitrogen and oxygen atoms in total. The SMILES string of the molecule is Cl.Nc1ncnc2nn(C3Cc4ccccc4C3c3ccc(F)c(F)c3)cc12. The predicted octanol–water partition coefficient (Wildman–Crippen LogP) is 4.04. The number of rotatable bonds is 2. The van der Waals surface area contributed by atoms with Crippen LogP contribution in [0.1, 0.15) is 28.7 Å². The number of anilines is 1. The minimum atomic E-state index is -0.852. The van der Waals surface area contributed by atoms with Crippen molar-refractivity contribution in [3.63, 3.8) is 0 Å². The molecule has 1 aliphatic rings. The number of nitrogen functional groups attached to an aromatic ring is 1. The number of nitrogens with zero attached hydrogens (tertiary/aromatic N) is 4. The van der Waals surface area contributed by atoms with Gasteiger partial charge in [-0.05, 0) is 35.2 Å². The first-order valence-electron chi connectivity index (χ1n) is 8.60. The molecule has 4 aromatic rings. The van der Waals surface area contributed by atoms with E-state index in [2.05, 4.69) is 21.1 Å². The van der Waals surface area contributed by atoms with Crippen LogP contribution >= 0.6 is 12.4 Å². The molecule has 0 spiro atoms. The van der Waals surface area contributed by atoms with Crippen LogP contribution in [0.25, 0.3) is 11.0 Å². The number of aromatic nitrogens is 4. The van der Waals surface area contributed by atoms with Crippen LogP contribution in [-0.4, -0.2) is 19.7 Å². The van der Waals surface area contributed by atoms with E-state index in [-0.39, 0.29) is 24.4 Å². The monoisotopic (exact) mass is 399 g/mol. The first-order chi connectivity index (χ1) is 13.1. The Morgan fingerprint density at radius 1 is 1.04 bits per heavy atom. The highest BCUT2D eigenvalue weighted by Gasteiger charge is 2.36. The van der Waals surface area contributed by atoms with Gasteiger partial charge in [-0.15, -0.1) is 12.4 Å². The summed E-state index contributed by atoms with van der Waals surface area (Å²) in [6.07, 6.45) is 3.93. The summed E-state index contributed by atoms with van der Waals surface area (Å²) >= 11 is 0. The van der Waals surface area contributed by atoms with Crippen molar-refractivity contribution >= 4 is 29.3 Å². The number of nitrogens with two attached hydrogens (primary N) is 1. The predicted molar refractivity (Wildman–Crippen MR) is 104 cm³/mol. The average molecular weight is 400 g/mol. The van der Waals surface area contributed by atoms with Crippen LogP contribution < -0.4 is 5.73 Å². The van der Waals surface area contributed by atoms with Crippen molar-refractivity contribution in [1.82, 2.24) is 19.7 Å². The standard InChI is InChI=1S/C20H15F2N5.ClH/c21-15-6-5-12(7-16(15)22)18-13-4-2-1-3-11(13)8-17(18)27-9-14-19(23)24-10-25-20(14)26-27;/h1-7,9-10,17-18H,8H2,(H2,23,24,25,26);1H. The van der Waals surface area contributed by atoms with Gasteiger partial charge < -0.3 is 5.73 Å². The van der Waals surface area contributed by atoms with Crippen molar-refractivity contribution in [2.75, 3.05) is 5.73 Å². The van der Waals surface area contributed by atoms with Crippen LogP contribution in [0.15, 0.2) is 55.0 Å². The van der Waals surface area contributed by atoms with Crippen LogP contribution in [0.3, 0.4) is 0 Å². The van der Waals surface area contributed by atoms with Crippen LogP contribution in [0, 0.1) is 11.6 Å². The van der Waals surface area contributed by atoms with Crippen molar-refractivity contribution in [3.05, 3.63) is 83.3 Å². The normalized spacial score (nSPS) is 18.1. The van der Waals surface area contributed by atoms with Crippen LogP contribution in [0.5, 0.6) is 0 Å². The molecule has 0 fully saturated rings. The molecule has 0 amide bonds. The fraction of sp³-hybridized carbons (Fsp3) is 0.150. The second-order valence-electron chi connectivity index (χ2n) is 6.73. The summed E-state index contributed by atoms with van der Waals surface area (Å²) in [6, 6.07) is 12.0. The van der Waals surface area contributed by atoms with Gasteiger partial charge in [0.25, 0.3) is 0 Å². The Bertz CT molecular complexity index is 1180. The van der Waals surface area contributed by atoms with E-state index in [1.54, 1.807) is 6.07 Å². The van der Waals surface area contributed by atoms with E-state index in [4.69, 9.17) is 5.73 Å². The molecule has 2 aromatic heterocycles. The van der Waals surface area contributed by atoms with Crippen LogP contribution in [-0.2, 0) is 6.42 Å². The van der Waals surface area contributed by atoms with E-state index in [0.717, 1.165) is 17.5 Å². The molecule has 0 saturated carbocycles. The van der Waals surface area contributed by atoms with E-state index < -0.39 is 11.6 Å². The lowest BCUT2D eigenvalue weighted by atomic mass is 9.90. The maximum absolute atomic E-state index is 13.9. The lowest BCUT2D eigenvalue weighted by Crippen LogP contribution is -2.16. The quantitative estimate of drug-likeness (QED) is 0.552. The Morgan fingerprint density at radius 2 is 1.86 bits per heavy atom. The summed E-state index contributed by atoms with van der Waals surface area (Å²) in [7, 11) is 0. The molecule has 1 aliphatic carbocycles. The zero-order valence-electron chi connectivity index (χ0n) is 14.6. The van der Waals surface area contributed by atoms with Crippen LogP contribution in [0.2, 0.25) is 0 Å². The maximum Gasteiger partial charge on any atom is 0.186 e. The third-order valence-corrected chi connectivity index (χ3v) is 5.21. The number of benzene rings is 2. The molecule has 0 saturated heterocycles. The number of fused-ring (bicyclic) bond motifs is 2. The van der Waals surface area contributed by atoms with Gasteiger partial charge in [-0.25, -0.2) is 18.7 Å². The molecule has 2 N–H and O–H groups in total. The topological polar surface area (TPSA) is 69.6 Å². The Kier molecular flexibility index (Phi) is 4.47.